The van der Waals surface area contributed by atoms with Crippen LogP contribution >= 0.6 is 0 Å². The lowest BCUT2D eigenvalue weighted by atomic mass is 9.88. The van der Waals surface area contributed by atoms with Gasteiger partial charge in [0.15, 0.2) is 11.6 Å². The smallest absolute Gasteiger partial charge is 0.159 e. The third-order valence-electron chi connectivity index (χ3n) is 3.87. The summed E-state index contributed by atoms with van der Waals surface area (Å²) >= 11 is 0. The van der Waals surface area contributed by atoms with Gasteiger partial charge in [0.05, 0.1) is 6.61 Å². The van der Waals surface area contributed by atoms with Crippen molar-refractivity contribution in [3.8, 4) is 5.75 Å². The van der Waals surface area contributed by atoms with E-state index >= 15 is 0 Å². The van der Waals surface area contributed by atoms with Gasteiger partial charge in [0.2, 0.25) is 0 Å². The zero-order chi connectivity index (χ0) is 14.8. The average Bonchev–Trinajstić information content (AvgIpc) is 2.92. The van der Waals surface area contributed by atoms with Crippen molar-refractivity contribution in [3.63, 3.8) is 0 Å². The van der Waals surface area contributed by atoms with Crippen molar-refractivity contribution in [3.05, 3.63) is 65.2 Å². The van der Waals surface area contributed by atoms with Crippen LogP contribution in [0.15, 0.2) is 42.5 Å². The summed E-state index contributed by atoms with van der Waals surface area (Å²) in [6.07, 6.45) is 0. The summed E-state index contributed by atoms with van der Waals surface area (Å²) in [5.74, 6) is -0.682. The van der Waals surface area contributed by atoms with Gasteiger partial charge in [-0.25, -0.2) is 8.78 Å². The second-order valence-electron chi connectivity index (χ2n) is 5.16. The molecule has 21 heavy (non-hydrogen) atoms. The number of likely N-dealkylation sites (N-methyl/N-ethyl adjacent to an activating group) is 1. The van der Waals surface area contributed by atoms with E-state index in [-0.39, 0.29) is 12.0 Å². The number of benzene rings is 2. The topological polar surface area (TPSA) is 21.3 Å². The van der Waals surface area contributed by atoms with Gasteiger partial charge in [0, 0.05) is 17.5 Å². The van der Waals surface area contributed by atoms with E-state index in [4.69, 9.17) is 4.74 Å². The number of hydrogen-bond donors (Lipinski definition) is 1. The monoisotopic (exact) mass is 289 g/mol. The normalized spacial score (nSPS) is 18.1. The highest BCUT2D eigenvalue weighted by atomic mass is 19.2. The number of rotatable bonds is 4. The fraction of sp³-hybridized carbons (Fsp3) is 0.294. The highest BCUT2D eigenvalue weighted by molar-refractivity contribution is 5.42. The number of fused-ring (bicyclic) bond motifs is 1. The molecule has 1 aliphatic rings. The fourth-order valence-electron chi connectivity index (χ4n) is 2.88. The molecule has 0 amide bonds. The molecular weight excluding hydrogens is 272 g/mol. The van der Waals surface area contributed by atoms with Crippen molar-refractivity contribution in [2.45, 2.75) is 18.9 Å². The first-order valence-corrected chi connectivity index (χ1v) is 7.10. The summed E-state index contributed by atoms with van der Waals surface area (Å²) in [5, 5.41) is 3.36. The first-order chi connectivity index (χ1) is 10.2. The SMILES string of the molecule is CCNC(c1ccc(F)c(F)c1)C1COc2ccccc21. The Labute approximate surface area is 122 Å². The number of hydrogen-bond acceptors (Lipinski definition) is 2. The van der Waals surface area contributed by atoms with Crippen LogP contribution in [0.3, 0.4) is 0 Å². The minimum atomic E-state index is -0.822. The largest absolute Gasteiger partial charge is 0.493 e. The van der Waals surface area contributed by atoms with Crippen molar-refractivity contribution in [2.24, 2.45) is 0 Å². The first kappa shape index (κ1) is 14.0. The summed E-state index contributed by atoms with van der Waals surface area (Å²) in [5.41, 5.74) is 1.84. The molecule has 0 aromatic heterocycles. The molecule has 0 aliphatic carbocycles. The van der Waals surface area contributed by atoms with Crippen molar-refractivity contribution in [1.82, 2.24) is 5.32 Å². The van der Waals surface area contributed by atoms with Gasteiger partial charge in [-0.1, -0.05) is 31.2 Å². The van der Waals surface area contributed by atoms with Gasteiger partial charge in [-0.15, -0.1) is 0 Å². The lowest BCUT2D eigenvalue weighted by Gasteiger charge is -2.24. The molecule has 2 unspecified atom stereocenters. The summed E-state index contributed by atoms with van der Waals surface area (Å²) in [4.78, 5) is 0. The standard InChI is InChI=1S/C17H17F2NO/c1-2-20-17(11-7-8-14(18)15(19)9-11)13-10-21-16-6-4-3-5-12(13)16/h3-9,13,17,20H,2,10H2,1H3. The quantitative estimate of drug-likeness (QED) is 0.924. The Morgan fingerprint density at radius 1 is 1.19 bits per heavy atom. The predicted octanol–water partition coefficient (Wildman–Crippen LogP) is 3.79. The number of nitrogens with one attached hydrogen (secondary N) is 1. The maximum Gasteiger partial charge on any atom is 0.159 e. The van der Waals surface area contributed by atoms with Gasteiger partial charge in [0.25, 0.3) is 0 Å². The van der Waals surface area contributed by atoms with E-state index in [1.54, 1.807) is 6.07 Å². The summed E-state index contributed by atoms with van der Waals surface area (Å²) < 4.78 is 32.4. The van der Waals surface area contributed by atoms with Gasteiger partial charge in [-0.2, -0.15) is 0 Å². The van der Waals surface area contributed by atoms with E-state index < -0.39 is 11.6 Å². The molecule has 2 atom stereocenters. The maximum absolute atomic E-state index is 13.5. The van der Waals surface area contributed by atoms with Crippen LogP contribution in [0.2, 0.25) is 0 Å². The van der Waals surface area contributed by atoms with E-state index in [1.165, 1.54) is 12.1 Å². The fourth-order valence-corrected chi connectivity index (χ4v) is 2.88. The zero-order valence-corrected chi connectivity index (χ0v) is 11.8. The Morgan fingerprint density at radius 3 is 2.76 bits per heavy atom. The highest BCUT2D eigenvalue weighted by Crippen LogP contribution is 2.41. The van der Waals surface area contributed by atoms with Gasteiger partial charge in [-0.3, -0.25) is 0 Å². The van der Waals surface area contributed by atoms with Crippen LogP contribution in [0.1, 0.15) is 30.0 Å². The van der Waals surface area contributed by atoms with Crippen LogP contribution in [0.4, 0.5) is 8.78 Å². The molecule has 2 nitrogen and oxygen atoms in total. The van der Waals surface area contributed by atoms with Gasteiger partial charge < -0.3 is 10.1 Å². The highest BCUT2D eigenvalue weighted by Gasteiger charge is 2.32. The number of halogens is 2. The minimum Gasteiger partial charge on any atom is -0.493 e. The van der Waals surface area contributed by atoms with Crippen LogP contribution in [0.25, 0.3) is 0 Å². The lowest BCUT2D eigenvalue weighted by Crippen LogP contribution is -2.28. The summed E-state index contributed by atoms with van der Waals surface area (Å²) in [6.45, 7) is 3.27. The van der Waals surface area contributed by atoms with E-state index in [1.807, 2.05) is 31.2 Å². The Kier molecular flexibility index (Phi) is 3.88. The number of ether oxygens (including phenoxy) is 1. The van der Waals surface area contributed by atoms with E-state index in [9.17, 15) is 8.78 Å². The van der Waals surface area contributed by atoms with Gasteiger partial charge in [0.1, 0.15) is 5.75 Å². The molecule has 2 aromatic rings. The van der Waals surface area contributed by atoms with E-state index in [0.717, 1.165) is 23.4 Å². The van der Waals surface area contributed by atoms with Crippen molar-refractivity contribution >= 4 is 0 Å². The molecule has 1 heterocycles. The molecule has 1 N–H and O–H groups in total. The molecule has 110 valence electrons. The third-order valence-corrected chi connectivity index (χ3v) is 3.87. The third kappa shape index (κ3) is 2.63. The van der Waals surface area contributed by atoms with Crippen molar-refractivity contribution in [1.29, 1.82) is 0 Å². The Bertz CT molecular complexity index is 644. The Balaban J connectivity index is 1.97. The molecule has 2 aromatic carbocycles. The molecule has 0 radical (unpaired) electrons. The van der Waals surface area contributed by atoms with Crippen LogP contribution < -0.4 is 10.1 Å². The van der Waals surface area contributed by atoms with Crippen LogP contribution in [0.5, 0.6) is 5.75 Å². The van der Waals surface area contributed by atoms with Crippen LogP contribution in [-0.2, 0) is 0 Å². The average molecular weight is 289 g/mol. The van der Waals surface area contributed by atoms with Crippen molar-refractivity contribution in [2.75, 3.05) is 13.2 Å². The maximum atomic E-state index is 13.5. The Hall–Kier alpha value is -1.94. The molecule has 3 rings (SSSR count). The van der Waals surface area contributed by atoms with Gasteiger partial charge >= 0.3 is 0 Å². The molecule has 0 bridgehead atoms. The van der Waals surface area contributed by atoms with Crippen molar-refractivity contribution < 1.29 is 13.5 Å². The van der Waals surface area contributed by atoms with E-state index in [0.29, 0.717) is 6.61 Å². The van der Waals surface area contributed by atoms with Crippen LogP contribution in [-0.4, -0.2) is 13.2 Å². The second kappa shape index (κ2) is 5.82. The molecule has 4 heteroatoms. The molecule has 0 spiro atoms. The molecule has 1 aliphatic heterocycles. The van der Waals surface area contributed by atoms with Crippen LogP contribution in [0, 0.1) is 11.6 Å². The molecule has 0 saturated carbocycles. The minimum absolute atomic E-state index is 0.0889. The molecular formula is C17H17F2NO. The predicted molar refractivity (Wildman–Crippen MR) is 77.5 cm³/mol. The lowest BCUT2D eigenvalue weighted by molar-refractivity contribution is 0.300. The molecule has 0 fully saturated rings. The zero-order valence-electron chi connectivity index (χ0n) is 11.8. The van der Waals surface area contributed by atoms with Gasteiger partial charge in [-0.05, 0) is 30.3 Å². The van der Waals surface area contributed by atoms with E-state index in [2.05, 4.69) is 5.32 Å². The number of para-hydroxylation sites is 1. The summed E-state index contributed by atoms with van der Waals surface area (Å²) in [7, 11) is 0. The summed E-state index contributed by atoms with van der Waals surface area (Å²) in [6, 6.07) is 11.8. The second-order valence-corrected chi connectivity index (χ2v) is 5.16. The Morgan fingerprint density at radius 2 is 2.00 bits per heavy atom. The first-order valence-electron chi connectivity index (χ1n) is 7.10. The molecule has 0 saturated heterocycles.